The number of carbonyl (C=O) groups excluding carboxylic acids is 1. The van der Waals surface area contributed by atoms with Crippen LogP contribution in [0.25, 0.3) is 0 Å². The highest BCUT2D eigenvalue weighted by Crippen LogP contribution is 2.22. The van der Waals surface area contributed by atoms with Crippen molar-refractivity contribution < 1.29 is 9.90 Å². The van der Waals surface area contributed by atoms with E-state index in [1.54, 1.807) is 18.3 Å². The highest BCUT2D eigenvalue weighted by Gasteiger charge is 2.09. The summed E-state index contributed by atoms with van der Waals surface area (Å²) in [6, 6.07) is 8.95. The van der Waals surface area contributed by atoms with Crippen molar-refractivity contribution in [2.45, 2.75) is 6.61 Å². The molecule has 0 aliphatic rings. The number of pyridine rings is 1. The van der Waals surface area contributed by atoms with Crippen LogP contribution in [-0.2, 0) is 6.61 Å². The predicted octanol–water partition coefficient (Wildman–Crippen LogP) is 1.42. The minimum atomic E-state index is -0.549. The molecule has 0 aliphatic heterocycles. The number of primary amides is 1. The fraction of sp³-hybridized carbons (Fsp3) is 0.0769. The summed E-state index contributed by atoms with van der Waals surface area (Å²) in [5.74, 6) is -0.549. The smallest absolute Gasteiger partial charge is 0.252 e. The van der Waals surface area contributed by atoms with E-state index in [2.05, 4.69) is 10.3 Å². The van der Waals surface area contributed by atoms with Crippen LogP contribution in [0.15, 0.2) is 42.7 Å². The second-order valence-corrected chi connectivity index (χ2v) is 3.73. The van der Waals surface area contributed by atoms with E-state index in [4.69, 9.17) is 5.73 Å². The zero-order valence-electron chi connectivity index (χ0n) is 9.63. The number of aliphatic hydroxyl groups excluding tert-OH is 1. The largest absolute Gasteiger partial charge is 0.392 e. The fourth-order valence-electron chi connectivity index (χ4n) is 1.63. The molecule has 0 radical (unpaired) electrons. The lowest BCUT2D eigenvalue weighted by Gasteiger charge is -2.12. The highest BCUT2D eigenvalue weighted by atomic mass is 16.3. The van der Waals surface area contributed by atoms with E-state index < -0.39 is 5.91 Å². The quantitative estimate of drug-likeness (QED) is 0.757. The maximum absolute atomic E-state index is 11.3. The zero-order valence-corrected chi connectivity index (χ0v) is 9.63. The van der Waals surface area contributed by atoms with Crippen molar-refractivity contribution in [1.29, 1.82) is 0 Å². The number of nitrogens with one attached hydrogen (secondary N) is 1. The number of aromatic nitrogens is 1. The number of rotatable bonds is 4. The molecule has 92 valence electrons. The number of para-hydroxylation sites is 1. The van der Waals surface area contributed by atoms with Crippen molar-refractivity contribution in [3.8, 4) is 0 Å². The van der Waals surface area contributed by atoms with Gasteiger partial charge in [0.05, 0.1) is 17.9 Å². The average molecular weight is 243 g/mol. The molecular weight excluding hydrogens is 230 g/mol. The molecule has 0 bridgehead atoms. The summed E-state index contributed by atoms with van der Waals surface area (Å²) in [5, 5.41) is 12.3. The molecule has 0 fully saturated rings. The van der Waals surface area contributed by atoms with Gasteiger partial charge >= 0.3 is 0 Å². The molecule has 5 nitrogen and oxygen atoms in total. The van der Waals surface area contributed by atoms with Gasteiger partial charge in [-0.25, -0.2) is 0 Å². The Hall–Kier alpha value is -2.40. The molecule has 1 aromatic heterocycles. The van der Waals surface area contributed by atoms with Crippen molar-refractivity contribution in [2.24, 2.45) is 5.73 Å². The number of anilines is 2. The Kier molecular flexibility index (Phi) is 3.54. The first-order valence-corrected chi connectivity index (χ1v) is 5.42. The molecule has 0 atom stereocenters. The summed E-state index contributed by atoms with van der Waals surface area (Å²) in [5.41, 5.74) is 7.62. The van der Waals surface area contributed by atoms with E-state index in [1.807, 2.05) is 18.2 Å². The van der Waals surface area contributed by atoms with Crippen LogP contribution >= 0.6 is 0 Å². The van der Waals surface area contributed by atoms with Crippen molar-refractivity contribution in [3.05, 3.63) is 53.9 Å². The average Bonchev–Trinajstić information content (AvgIpc) is 2.40. The van der Waals surface area contributed by atoms with E-state index in [0.717, 1.165) is 11.3 Å². The number of benzene rings is 1. The van der Waals surface area contributed by atoms with Crippen molar-refractivity contribution in [3.63, 3.8) is 0 Å². The summed E-state index contributed by atoms with van der Waals surface area (Å²) in [6.07, 6.45) is 2.97. The van der Waals surface area contributed by atoms with Crippen LogP contribution in [0.3, 0.4) is 0 Å². The van der Waals surface area contributed by atoms with Gasteiger partial charge < -0.3 is 16.2 Å². The molecule has 4 N–H and O–H groups in total. The van der Waals surface area contributed by atoms with Gasteiger partial charge in [-0.05, 0) is 12.1 Å². The Morgan fingerprint density at radius 3 is 2.78 bits per heavy atom. The summed E-state index contributed by atoms with van der Waals surface area (Å²) >= 11 is 0. The number of hydrogen-bond acceptors (Lipinski definition) is 4. The van der Waals surface area contributed by atoms with E-state index in [-0.39, 0.29) is 6.61 Å². The molecule has 5 heteroatoms. The zero-order chi connectivity index (χ0) is 13.0. The van der Waals surface area contributed by atoms with E-state index in [0.29, 0.717) is 11.3 Å². The van der Waals surface area contributed by atoms with Crippen LogP contribution < -0.4 is 11.1 Å². The molecule has 0 saturated heterocycles. The topological polar surface area (TPSA) is 88.2 Å². The molecule has 1 aromatic carbocycles. The van der Waals surface area contributed by atoms with E-state index in [1.165, 1.54) is 6.20 Å². The van der Waals surface area contributed by atoms with Gasteiger partial charge in [-0.2, -0.15) is 0 Å². The lowest BCUT2D eigenvalue weighted by atomic mass is 10.1. The van der Waals surface area contributed by atoms with Gasteiger partial charge in [0.15, 0.2) is 0 Å². The predicted molar refractivity (Wildman–Crippen MR) is 68.4 cm³/mol. The number of amides is 1. The van der Waals surface area contributed by atoms with Crippen molar-refractivity contribution in [2.75, 3.05) is 5.32 Å². The maximum atomic E-state index is 11.3. The molecule has 0 saturated carbocycles. The molecule has 0 spiro atoms. The lowest BCUT2D eigenvalue weighted by molar-refractivity contribution is 0.100. The SMILES string of the molecule is NC(=O)c1cnccc1Nc1ccccc1CO. The highest BCUT2D eigenvalue weighted by molar-refractivity contribution is 5.98. The first-order chi connectivity index (χ1) is 8.72. The van der Waals surface area contributed by atoms with Crippen LogP contribution in [0, 0.1) is 0 Å². The minimum absolute atomic E-state index is 0.0832. The molecule has 1 amide bonds. The van der Waals surface area contributed by atoms with Gasteiger partial charge in [0.2, 0.25) is 0 Å². The molecule has 0 aliphatic carbocycles. The first-order valence-electron chi connectivity index (χ1n) is 5.42. The number of nitrogens with two attached hydrogens (primary N) is 1. The molecule has 18 heavy (non-hydrogen) atoms. The van der Waals surface area contributed by atoms with Gasteiger partial charge in [-0.1, -0.05) is 18.2 Å². The Bertz CT molecular complexity index is 570. The maximum Gasteiger partial charge on any atom is 0.252 e. The summed E-state index contributed by atoms with van der Waals surface area (Å²) < 4.78 is 0. The second-order valence-electron chi connectivity index (χ2n) is 3.73. The Morgan fingerprint density at radius 1 is 1.28 bits per heavy atom. The van der Waals surface area contributed by atoms with E-state index in [9.17, 15) is 9.90 Å². The second kappa shape index (κ2) is 5.29. The van der Waals surface area contributed by atoms with Gasteiger partial charge in [0.25, 0.3) is 5.91 Å². The monoisotopic (exact) mass is 243 g/mol. The number of nitrogens with zero attached hydrogens (tertiary/aromatic N) is 1. The number of hydrogen-bond donors (Lipinski definition) is 3. The molecular formula is C13H13N3O2. The van der Waals surface area contributed by atoms with E-state index >= 15 is 0 Å². The van der Waals surface area contributed by atoms with Crippen LogP contribution in [-0.4, -0.2) is 16.0 Å². The molecule has 2 aromatic rings. The fourth-order valence-corrected chi connectivity index (χ4v) is 1.63. The summed E-state index contributed by atoms with van der Waals surface area (Å²) in [4.78, 5) is 15.1. The van der Waals surface area contributed by atoms with Crippen LogP contribution in [0.4, 0.5) is 11.4 Å². The Balaban J connectivity index is 2.37. The number of carbonyl (C=O) groups is 1. The van der Waals surface area contributed by atoms with Gasteiger partial charge in [-0.3, -0.25) is 9.78 Å². The minimum Gasteiger partial charge on any atom is -0.392 e. The van der Waals surface area contributed by atoms with Crippen LogP contribution in [0.5, 0.6) is 0 Å². The van der Waals surface area contributed by atoms with Crippen LogP contribution in [0.2, 0.25) is 0 Å². The molecule has 0 unspecified atom stereocenters. The normalized spacial score (nSPS) is 10.1. The van der Waals surface area contributed by atoms with Crippen LogP contribution in [0.1, 0.15) is 15.9 Å². The third-order valence-corrected chi connectivity index (χ3v) is 2.54. The summed E-state index contributed by atoms with van der Waals surface area (Å²) in [6.45, 7) is -0.0832. The molecule has 2 rings (SSSR count). The van der Waals surface area contributed by atoms with Gasteiger partial charge in [-0.15, -0.1) is 0 Å². The standard InChI is InChI=1S/C13H13N3O2/c14-13(18)10-7-15-6-5-12(10)16-11-4-2-1-3-9(11)8-17/h1-7,17H,8H2,(H2,14,18)(H,15,16). The first kappa shape index (κ1) is 12.1. The van der Waals surface area contributed by atoms with Crippen molar-refractivity contribution >= 4 is 17.3 Å². The lowest BCUT2D eigenvalue weighted by Crippen LogP contribution is -2.13. The summed E-state index contributed by atoms with van der Waals surface area (Å²) in [7, 11) is 0. The Morgan fingerprint density at radius 2 is 2.06 bits per heavy atom. The third kappa shape index (κ3) is 2.46. The molecule has 1 heterocycles. The Labute approximate surface area is 104 Å². The number of aliphatic hydroxyl groups is 1. The third-order valence-electron chi connectivity index (χ3n) is 2.54. The van der Waals surface area contributed by atoms with Gasteiger partial charge in [0, 0.05) is 23.6 Å². The van der Waals surface area contributed by atoms with Crippen molar-refractivity contribution in [1.82, 2.24) is 4.98 Å². The van der Waals surface area contributed by atoms with Gasteiger partial charge in [0.1, 0.15) is 0 Å².